The molecule has 7 heteroatoms. The Morgan fingerprint density at radius 3 is 2.37 bits per heavy atom. The van der Waals surface area contributed by atoms with Gasteiger partial charge in [0.2, 0.25) is 0 Å². The Morgan fingerprint density at radius 2 is 1.78 bits per heavy atom. The van der Waals surface area contributed by atoms with Crippen molar-refractivity contribution in [3.63, 3.8) is 0 Å². The first-order valence-electron chi connectivity index (χ1n) is 8.93. The first kappa shape index (κ1) is 21.0. The van der Waals surface area contributed by atoms with Crippen molar-refractivity contribution in [1.82, 2.24) is 4.40 Å². The summed E-state index contributed by atoms with van der Waals surface area (Å²) in [6.07, 6.45) is 2.04. The number of Topliss-reactive ketones (excluding diaryl/α,β-unsaturated/α-hetero) is 1. The van der Waals surface area contributed by atoms with Crippen LogP contribution in [-0.4, -0.2) is 41.1 Å². The molecule has 0 saturated heterocycles. The lowest BCUT2D eigenvalue weighted by atomic mass is 10.1. The summed E-state index contributed by atoms with van der Waals surface area (Å²) in [5, 5.41) is 0. The second kappa shape index (κ2) is 9.08. The van der Waals surface area contributed by atoms with Gasteiger partial charge in [-0.1, -0.05) is 6.07 Å². The van der Waals surface area contributed by atoms with Crippen molar-refractivity contribution >= 4 is 35.0 Å². The molecule has 0 atom stereocenters. The number of esters is 2. The van der Waals surface area contributed by atoms with E-state index in [2.05, 4.69) is 0 Å². The van der Waals surface area contributed by atoms with Crippen LogP contribution in [0, 0.1) is 13.8 Å². The average molecular weight is 391 g/mol. The molecule has 0 aromatic carbocycles. The highest BCUT2D eigenvalue weighted by Crippen LogP contribution is 2.36. The number of carbonyl (C=O) groups is 3. The molecule has 0 bridgehead atoms. The summed E-state index contributed by atoms with van der Waals surface area (Å²) in [6, 6.07) is 1.97. The number of fused-ring (bicyclic) bond motifs is 1. The zero-order valence-electron chi connectivity index (χ0n) is 16.4. The molecule has 2 heterocycles. The number of nitrogens with zero attached hydrogens (tertiary/aromatic N) is 1. The minimum absolute atomic E-state index is 0.149. The first-order valence-corrected chi connectivity index (χ1v) is 9.92. The van der Waals surface area contributed by atoms with E-state index in [9.17, 15) is 14.4 Å². The number of pyridine rings is 1. The number of hydrogen-bond acceptors (Lipinski definition) is 6. The summed E-state index contributed by atoms with van der Waals surface area (Å²) in [5.74, 6) is -0.513. The molecular formula is C20H25NO5S. The number of thioether (sulfide) groups is 1. The topological polar surface area (TPSA) is 74.1 Å². The Kier molecular flexibility index (Phi) is 7.07. The minimum Gasteiger partial charge on any atom is -0.466 e. The summed E-state index contributed by atoms with van der Waals surface area (Å²) in [4.78, 5) is 37.3. The summed E-state index contributed by atoms with van der Waals surface area (Å²) >= 11 is 1.31. The molecule has 6 nitrogen and oxygen atoms in total. The van der Waals surface area contributed by atoms with Crippen LogP contribution in [0.1, 0.15) is 59.2 Å². The van der Waals surface area contributed by atoms with Crippen LogP contribution in [0.25, 0.3) is 5.52 Å². The maximum Gasteiger partial charge on any atom is 0.341 e. The molecular weight excluding hydrogens is 366 g/mol. The molecule has 2 aromatic rings. The standard InChI is InChI=1S/C20H25NO5S/c1-6-25-15(23)8-9-27-19-16(20(24)26-7-2)17-13(4)10-12(3)11-21(17)18(19)14(5)22/h10-11H,6-9H2,1-5H3. The number of hydrogen-bond donors (Lipinski definition) is 0. The van der Waals surface area contributed by atoms with E-state index < -0.39 is 5.97 Å². The molecule has 0 unspecified atom stereocenters. The van der Waals surface area contributed by atoms with E-state index in [4.69, 9.17) is 9.47 Å². The first-order chi connectivity index (χ1) is 12.8. The van der Waals surface area contributed by atoms with Gasteiger partial charge in [0.15, 0.2) is 5.78 Å². The molecule has 2 aromatic heterocycles. The van der Waals surface area contributed by atoms with Crippen molar-refractivity contribution in [2.24, 2.45) is 0 Å². The minimum atomic E-state index is -0.465. The van der Waals surface area contributed by atoms with E-state index in [-0.39, 0.29) is 24.8 Å². The van der Waals surface area contributed by atoms with Gasteiger partial charge in [0.25, 0.3) is 0 Å². The van der Waals surface area contributed by atoms with Crippen LogP contribution in [0.15, 0.2) is 17.2 Å². The molecule has 0 spiro atoms. The highest BCUT2D eigenvalue weighted by molar-refractivity contribution is 7.99. The molecule has 0 saturated carbocycles. The van der Waals surface area contributed by atoms with Crippen LogP contribution in [0.3, 0.4) is 0 Å². The molecule has 0 N–H and O–H groups in total. The Hall–Kier alpha value is -2.28. The molecule has 146 valence electrons. The van der Waals surface area contributed by atoms with Gasteiger partial charge in [-0.25, -0.2) is 4.79 Å². The molecule has 0 aliphatic carbocycles. The lowest BCUT2D eigenvalue weighted by molar-refractivity contribution is -0.142. The molecule has 2 rings (SSSR count). The lowest BCUT2D eigenvalue weighted by Gasteiger charge is -2.07. The summed E-state index contributed by atoms with van der Waals surface area (Å²) in [5.41, 5.74) is 3.36. The van der Waals surface area contributed by atoms with E-state index in [1.807, 2.05) is 26.1 Å². The highest BCUT2D eigenvalue weighted by atomic mass is 32.2. The number of aryl methyl sites for hydroxylation is 2. The SMILES string of the molecule is CCOC(=O)CCSc1c(C(=O)OCC)c2c(C)cc(C)cn2c1C(C)=O. The Bertz CT molecular complexity index is 884. The lowest BCUT2D eigenvalue weighted by Crippen LogP contribution is -2.08. The van der Waals surface area contributed by atoms with Crippen molar-refractivity contribution in [3.8, 4) is 0 Å². The van der Waals surface area contributed by atoms with E-state index in [1.165, 1.54) is 18.7 Å². The second-order valence-corrected chi connectivity index (χ2v) is 7.26. The zero-order valence-corrected chi connectivity index (χ0v) is 17.2. The van der Waals surface area contributed by atoms with Crippen LogP contribution in [-0.2, 0) is 14.3 Å². The Morgan fingerprint density at radius 1 is 1.11 bits per heavy atom. The van der Waals surface area contributed by atoms with Crippen molar-refractivity contribution in [2.45, 2.75) is 45.9 Å². The highest BCUT2D eigenvalue weighted by Gasteiger charge is 2.28. The Balaban J connectivity index is 2.60. The largest absolute Gasteiger partial charge is 0.466 e. The zero-order chi connectivity index (χ0) is 20.1. The van der Waals surface area contributed by atoms with E-state index in [0.717, 1.165) is 11.1 Å². The molecule has 0 aliphatic rings. The number of ketones is 1. The fraction of sp³-hybridized carbons (Fsp3) is 0.450. The van der Waals surface area contributed by atoms with Gasteiger partial charge in [0.05, 0.1) is 35.6 Å². The number of aromatic nitrogens is 1. The van der Waals surface area contributed by atoms with Crippen LogP contribution in [0.5, 0.6) is 0 Å². The number of rotatable bonds is 8. The van der Waals surface area contributed by atoms with Crippen molar-refractivity contribution in [1.29, 1.82) is 0 Å². The van der Waals surface area contributed by atoms with Gasteiger partial charge in [0.1, 0.15) is 5.69 Å². The monoisotopic (exact) mass is 391 g/mol. The van der Waals surface area contributed by atoms with Crippen LogP contribution < -0.4 is 0 Å². The maximum absolute atomic E-state index is 12.7. The van der Waals surface area contributed by atoms with E-state index in [0.29, 0.717) is 34.0 Å². The van der Waals surface area contributed by atoms with Crippen LogP contribution in [0.2, 0.25) is 0 Å². The quantitative estimate of drug-likeness (QED) is 0.385. The summed E-state index contributed by atoms with van der Waals surface area (Å²) in [6.45, 7) is 9.38. The Labute approximate surface area is 163 Å². The third kappa shape index (κ3) is 4.53. The van der Waals surface area contributed by atoms with E-state index >= 15 is 0 Å². The third-order valence-electron chi connectivity index (χ3n) is 3.98. The van der Waals surface area contributed by atoms with Gasteiger partial charge in [0, 0.05) is 18.9 Å². The average Bonchev–Trinajstić information content (AvgIpc) is 2.89. The predicted molar refractivity (Wildman–Crippen MR) is 105 cm³/mol. The number of carbonyl (C=O) groups excluding carboxylic acids is 3. The smallest absolute Gasteiger partial charge is 0.341 e. The van der Waals surface area contributed by atoms with Crippen molar-refractivity contribution in [2.75, 3.05) is 19.0 Å². The van der Waals surface area contributed by atoms with E-state index in [1.54, 1.807) is 18.2 Å². The van der Waals surface area contributed by atoms with Crippen LogP contribution in [0.4, 0.5) is 0 Å². The normalized spacial score (nSPS) is 10.9. The summed E-state index contributed by atoms with van der Waals surface area (Å²) in [7, 11) is 0. The second-order valence-electron chi connectivity index (χ2n) is 6.15. The summed E-state index contributed by atoms with van der Waals surface area (Å²) < 4.78 is 12.0. The molecule has 0 amide bonds. The van der Waals surface area contributed by atoms with Gasteiger partial charge in [-0.15, -0.1) is 11.8 Å². The van der Waals surface area contributed by atoms with Crippen LogP contribution >= 0.6 is 11.8 Å². The molecule has 0 fully saturated rings. The van der Waals surface area contributed by atoms with Gasteiger partial charge in [-0.3, -0.25) is 9.59 Å². The van der Waals surface area contributed by atoms with Crippen molar-refractivity contribution < 1.29 is 23.9 Å². The fourth-order valence-corrected chi connectivity index (χ4v) is 4.24. The van der Waals surface area contributed by atoms with Crippen molar-refractivity contribution in [3.05, 3.63) is 34.6 Å². The molecule has 0 radical (unpaired) electrons. The van der Waals surface area contributed by atoms with Gasteiger partial charge in [-0.2, -0.15) is 0 Å². The maximum atomic E-state index is 12.7. The predicted octanol–water partition coefficient (Wildman–Crippen LogP) is 3.98. The van der Waals surface area contributed by atoms with Gasteiger partial charge >= 0.3 is 11.9 Å². The molecule has 0 aliphatic heterocycles. The van der Waals surface area contributed by atoms with Gasteiger partial charge < -0.3 is 13.9 Å². The third-order valence-corrected chi connectivity index (χ3v) is 5.08. The fourth-order valence-electron chi connectivity index (χ4n) is 3.07. The van der Waals surface area contributed by atoms with Gasteiger partial charge in [-0.05, 0) is 38.8 Å². The molecule has 27 heavy (non-hydrogen) atoms. The number of ether oxygens (including phenoxy) is 2.